The molecule has 0 spiro atoms. The number of piperidine rings is 1. The zero-order chi connectivity index (χ0) is 14.8. The molecule has 114 valence electrons. The highest BCUT2D eigenvalue weighted by atomic mass is 16.5. The van der Waals surface area contributed by atoms with Crippen molar-refractivity contribution in [3.05, 3.63) is 29.1 Å². The normalized spacial score (nSPS) is 27.0. The number of likely N-dealkylation sites (tertiary alicyclic amines) is 1. The quantitative estimate of drug-likeness (QED) is 0.827. The maximum atomic E-state index is 12.5. The lowest BCUT2D eigenvalue weighted by molar-refractivity contribution is -0.137. The fourth-order valence-electron chi connectivity index (χ4n) is 3.11. The zero-order valence-electron chi connectivity index (χ0n) is 11.8. The highest BCUT2D eigenvalue weighted by molar-refractivity contribution is 5.80. The molecule has 2 fully saturated rings. The summed E-state index contributed by atoms with van der Waals surface area (Å²) in [5.74, 6) is 0.0467. The highest BCUT2D eigenvalue weighted by Gasteiger charge is 2.36. The Hall–Kier alpha value is -1.89. The number of ether oxygens (including phenoxy) is 1. The molecule has 1 aromatic rings. The summed E-state index contributed by atoms with van der Waals surface area (Å²) in [4.78, 5) is 25.4. The summed E-state index contributed by atoms with van der Waals surface area (Å²) < 4.78 is 10.5. The van der Waals surface area contributed by atoms with Crippen LogP contribution < -0.4 is 5.76 Å². The number of amides is 1. The molecular weight excluding hydrogens is 274 g/mol. The van der Waals surface area contributed by atoms with E-state index in [9.17, 15) is 9.59 Å². The van der Waals surface area contributed by atoms with Gasteiger partial charge in [0.15, 0.2) is 0 Å². The van der Waals surface area contributed by atoms with E-state index in [0.717, 1.165) is 19.3 Å². The average Bonchev–Trinajstić information content (AvgIpc) is 3.15. The smallest absolute Gasteiger partial charge is 0.392 e. The summed E-state index contributed by atoms with van der Waals surface area (Å²) >= 11 is 0. The van der Waals surface area contributed by atoms with Crippen molar-refractivity contribution in [2.75, 3.05) is 19.7 Å². The molecule has 0 unspecified atom stereocenters. The number of nitrogens with zero attached hydrogens (tertiary/aromatic N) is 2. The molecule has 1 aromatic heterocycles. The van der Waals surface area contributed by atoms with Crippen LogP contribution in [0.2, 0.25) is 0 Å². The Labute approximate surface area is 122 Å². The lowest BCUT2D eigenvalue weighted by Crippen LogP contribution is -2.43. The number of hydrogen-bond acceptors (Lipinski definition) is 5. The third kappa shape index (κ3) is 2.78. The van der Waals surface area contributed by atoms with E-state index in [-0.39, 0.29) is 23.8 Å². The number of carbonyl (C=O) groups is 1. The van der Waals surface area contributed by atoms with E-state index in [0.29, 0.717) is 25.6 Å². The summed E-state index contributed by atoms with van der Waals surface area (Å²) in [5, 5.41) is 6.15. The van der Waals surface area contributed by atoms with Gasteiger partial charge in [-0.1, -0.05) is 6.08 Å². The van der Waals surface area contributed by atoms with E-state index >= 15 is 0 Å². The summed E-state index contributed by atoms with van der Waals surface area (Å²) in [7, 11) is 0. The summed E-state index contributed by atoms with van der Waals surface area (Å²) in [6.07, 6.45) is 3.81. The number of aromatic amines is 1. The lowest BCUT2D eigenvalue weighted by atomic mass is 9.94. The first-order valence-corrected chi connectivity index (χ1v) is 7.27. The number of H-pyrrole nitrogens is 1. The molecule has 1 N–H and O–H groups in total. The van der Waals surface area contributed by atoms with Crippen molar-refractivity contribution >= 4 is 5.91 Å². The molecule has 0 radical (unpaired) electrons. The van der Waals surface area contributed by atoms with Gasteiger partial charge < -0.3 is 14.1 Å². The number of aromatic nitrogens is 2. The van der Waals surface area contributed by atoms with Gasteiger partial charge in [-0.25, -0.2) is 9.89 Å². The Morgan fingerprint density at radius 3 is 2.76 bits per heavy atom. The number of rotatable bonds is 3. The van der Waals surface area contributed by atoms with Gasteiger partial charge in [0.05, 0.1) is 12.0 Å². The van der Waals surface area contributed by atoms with Crippen LogP contribution in [0.5, 0.6) is 0 Å². The summed E-state index contributed by atoms with van der Waals surface area (Å²) in [5.41, 5.74) is 0. The Morgan fingerprint density at radius 1 is 1.38 bits per heavy atom. The van der Waals surface area contributed by atoms with Crippen molar-refractivity contribution in [1.29, 1.82) is 0 Å². The second-order valence-electron chi connectivity index (χ2n) is 5.52. The molecule has 21 heavy (non-hydrogen) atoms. The molecule has 0 aromatic carbocycles. The first-order chi connectivity index (χ1) is 10.2. The molecular formula is C14H19N3O4. The average molecular weight is 293 g/mol. The first kappa shape index (κ1) is 14.1. The highest BCUT2D eigenvalue weighted by Crippen LogP contribution is 2.29. The molecule has 2 aliphatic heterocycles. The van der Waals surface area contributed by atoms with Crippen LogP contribution in [0.3, 0.4) is 0 Å². The molecule has 2 saturated heterocycles. The van der Waals surface area contributed by atoms with Gasteiger partial charge in [0.25, 0.3) is 0 Å². The molecule has 3 rings (SSSR count). The van der Waals surface area contributed by atoms with Crippen LogP contribution in [0.15, 0.2) is 21.9 Å². The Kier molecular flexibility index (Phi) is 3.92. The minimum atomic E-state index is -0.527. The van der Waals surface area contributed by atoms with Crippen LogP contribution in [-0.4, -0.2) is 46.8 Å². The molecule has 2 aliphatic rings. The van der Waals surface area contributed by atoms with Crippen molar-refractivity contribution < 1.29 is 13.9 Å². The lowest BCUT2D eigenvalue weighted by Gasteiger charge is -2.32. The van der Waals surface area contributed by atoms with Crippen LogP contribution >= 0.6 is 0 Å². The van der Waals surface area contributed by atoms with Crippen LogP contribution in [-0.2, 0) is 9.53 Å². The van der Waals surface area contributed by atoms with Gasteiger partial charge in [-0.15, -0.1) is 11.7 Å². The fraction of sp³-hybridized carbons (Fsp3) is 0.643. The van der Waals surface area contributed by atoms with Crippen LogP contribution in [0.25, 0.3) is 0 Å². The van der Waals surface area contributed by atoms with Crippen molar-refractivity contribution in [3.63, 3.8) is 0 Å². The Morgan fingerprint density at radius 2 is 2.14 bits per heavy atom. The van der Waals surface area contributed by atoms with Crippen molar-refractivity contribution in [3.8, 4) is 0 Å². The van der Waals surface area contributed by atoms with Crippen molar-refractivity contribution in [2.24, 2.45) is 5.92 Å². The van der Waals surface area contributed by atoms with E-state index in [1.807, 2.05) is 4.90 Å². The van der Waals surface area contributed by atoms with E-state index in [4.69, 9.17) is 9.15 Å². The maximum absolute atomic E-state index is 12.5. The van der Waals surface area contributed by atoms with Gasteiger partial charge in [-0.3, -0.25) is 4.79 Å². The predicted molar refractivity (Wildman–Crippen MR) is 73.7 cm³/mol. The van der Waals surface area contributed by atoms with Gasteiger partial charge >= 0.3 is 5.76 Å². The van der Waals surface area contributed by atoms with Crippen LogP contribution in [0, 0.1) is 5.92 Å². The number of carbonyl (C=O) groups excluding carboxylic acids is 1. The Bertz CT molecular complexity index is 571. The van der Waals surface area contributed by atoms with Crippen molar-refractivity contribution in [2.45, 2.75) is 31.3 Å². The third-order valence-corrected chi connectivity index (χ3v) is 4.30. The van der Waals surface area contributed by atoms with E-state index in [1.165, 1.54) is 0 Å². The SMILES string of the molecule is C=C[C@@H]1OCC[C@H]1C(=O)N1CCC(c2n[nH]c(=O)o2)CC1. The maximum Gasteiger partial charge on any atom is 0.434 e. The first-order valence-electron chi connectivity index (χ1n) is 7.27. The number of nitrogens with one attached hydrogen (secondary N) is 1. The minimum absolute atomic E-state index is 0.100. The standard InChI is InChI=1S/C14H19N3O4/c1-2-11-10(5-8-20-11)13(18)17-6-3-9(4-7-17)12-15-16-14(19)21-12/h2,9-11H,1,3-8H2,(H,16,19)/t10-,11+/m1/s1. The predicted octanol–water partition coefficient (Wildman–Crippen LogP) is 0.660. The van der Waals surface area contributed by atoms with Crippen molar-refractivity contribution in [1.82, 2.24) is 15.1 Å². The second-order valence-corrected chi connectivity index (χ2v) is 5.52. The molecule has 7 heteroatoms. The molecule has 7 nitrogen and oxygen atoms in total. The molecule has 0 saturated carbocycles. The molecule has 1 amide bonds. The monoisotopic (exact) mass is 293 g/mol. The van der Waals surface area contributed by atoms with E-state index in [2.05, 4.69) is 16.8 Å². The summed E-state index contributed by atoms with van der Waals surface area (Å²) in [6, 6.07) is 0. The molecule has 0 aliphatic carbocycles. The van der Waals surface area contributed by atoms with Gasteiger partial charge in [-0.2, -0.15) is 0 Å². The van der Waals surface area contributed by atoms with Gasteiger partial charge in [0.2, 0.25) is 11.8 Å². The summed E-state index contributed by atoms with van der Waals surface area (Å²) in [6.45, 7) is 5.64. The van der Waals surface area contributed by atoms with E-state index in [1.54, 1.807) is 6.08 Å². The second kappa shape index (κ2) is 5.85. The van der Waals surface area contributed by atoms with Gasteiger partial charge in [-0.05, 0) is 19.3 Å². The van der Waals surface area contributed by atoms with Gasteiger partial charge in [0.1, 0.15) is 0 Å². The zero-order valence-corrected chi connectivity index (χ0v) is 11.8. The molecule has 3 heterocycles. The third-order valence-electron chi connectivity index (χ3n) is 4.30. The van der Waals surface area contributed by atoms with Crippen LogP contribution in [0.1, 0.15) is 31.1 Å². The topological polar surface area (TPSA) is 88.4 Å². The number of hydrogen-bond donors (Lipinski definition) is 1. The van der Waals surface area contributed by atoms with Gasteiger partial charge in [0, 0.05) is 25.6 Å². The van der Waals surface area contributed by atoms with Crippen LogP contribution in [0.4, 0.5) is 0 Å². The minimum Gasteiger partial charge on any atom is -0.392 e. The molecule has 2 atom stereocenters. The van der Waals surface area contributed by atoms with E-state index < -0.39 is 5.76 Å². The fourth-order valence-corrected chi connectivity index (χ4v) is 3.11. The molecule has 0 bridgehead atoms. The largest absolute Gasteiger partial charge is 0.434 e. The Balaban J connectivity index is 1.59.